The zero-order valence-electron chi connectivity index (χ0n) is 15.6. The molecule has 1 aromatic rings. The zero-order valence-corrected chi connectivity index (χ0v) is 19.5. The van der Waals surface area contributed by atoms with Crippen LogP contribution in [0.4, 0.5) is 8.78 Å². The Morgan fingerprint density at radius 1 is 1.29 bits per heavy atom. The van der Waals surface area contributed by atoms with Crippen LogP contribution in [0.3, 0.4) is 0 Å². The molecule has 0 aliphatic carbocycles. The average molecular weight is 556 g/mol. The molecule has 0 saturated carbocycles. The SMILES string of the molecule is CCNC(=NCc1cc(Cl)ccc1OC(F)F)NCCOCCS(C)(=O)=O.I. The first-order valence-corrected chi connectivity index (χ1v) is 10.7. The van der Waals surface area contributed by atoms with Gasteiger partial charge in [0.15, 0.2) is 5.96 Å². The van der Waals surface area contributed by atoms with Gasteiger partial charge >= 0.3 is 6.61 Å². The van der Waals surface area contributed by atoms with Crippen LogP contribution in [0.2, 0.25) is 5.02 Å². The maximum Gasteiger partial charge on any atom is 0.387 e. The molecule has 0 bridgehead atoms. The molecule has 0 atom stereocenters. The smallest absolute Gasteiger partial charge is 0.387 e. The van der Waals surface area contributed by atoms with E-state index in [1.807, 2.05) is 6.92 Å². The summed E-state index contributed by atoms with van der Waals surface area (Å²) in [7, 11) is -3.05. The summed E-state index contributed by atoms with van der Waals surface area (Å²) in [4.78, 5) is 4.31. The third-order valence-corrected chi connectivity index (χ3v) is 4.27. The van der Waals surface area contributed by atoms with Gasteiger partial charge in [-0.05, 0) is 25.1 Å². The number of halogens is 4. The Balaban J connectivity index is 0.00000729. The van der Waals surface area contributed by atoms with Gasteiger partial charge in [-0.25, -0.2) is 13.4 Å². The molecule has 0 aliphatic rings. The molecular formula is C16H25ClF2IN3O4S. The Morgan fingerprint density at radius 3 is 2.61 bits per heavy atom. The summed E-state index contributed by atoms with van der Waals surface area (Å²) in [6.07, 6.45) is 1.15. The van der Waals surface area contributed by atoms with Crippen LogP contribution in [0.1, 0.15) is 12.5 Å². The lowest BCUT2D eigenvalue weighted by Gasteiger charge is -2.13. The summed E-state index contributed by atoms with van der Waals surface area (Å²) in [5, 5.41) is 6.40. The molecule has 0 spiro atoms. The highest BCUT2D eigenvalue weighted by Gasteiger charge is 2.10. The van der Waals surface area contributed by atoms with Gasteiger partial charge < -0.3 is 20.1 Å². The predicted octanol–water partition coefficient (Wildman–Crippen LogP) is 2.68. The summed E-state index contributed by atoms with van der Waals surface area (Å²) in [6.45, 7) is 0.408. The van der Waals surface area contributed by atoms with Gasteiger partial charge in [-0.2, -0.15) is 8.78 Å². The van der Waals surface area contributed by atoms with E-state index in [0.717, 1.165) is 6.26 Å². The lowest BCUT2D eigenvalue weighted by molar-refractivity contribution is -0.0504. The van der Waals surface area contributed by atoms with Crippen LogP contribution < -0.4 is 15.4 Å². The molecule has 7 nitrogen and oxygen atoms in total. The summed E-state index contributed by atoms with van der Waals surface area (Å²) in [6, 6.07) is 4.35. The van der Waals surface area contributed by atoms with Gasteiger partial charge in [-0.3, -0.25) is 0 Å². The van der Waals surface area contributed by atoms with Crippen LogP contribution in [-0.4, -0.2) is 59.3 Å². The van der Waals surface area contributed by atoms with E-state index in [0.29, 0.717) is 29.6 Å². The highest BCUT2D eigenvalue weighted by molar-refractivity contribution is 14.0. The molecule has 1 rings (SSSR count). The lowest BCUT2D eigenvalue weighted by Crippen LogP contribution is -2.39. The zero-order chi connectivity index (χ0) is 20.3. The van der Waals surface area contributed by atoms with Gasteiger partial charge in [0.2, 0.25) is 0 Å². The summed E-state index contributed by atoms with van der Waals surface area (Å²) in [5.74, 6) is 0.424. The lowest BCUT2D eigenvalue weighted by atomic mass is 10.2. The average Bonchev–Trinajstić information content (AvgIpc) is 2.56. The molecule has 162 valence electrons. The van der Waals surface area contributed by atoms with Crippen molar-refractivity contribution in [1.82, 2.24) is 10.6 Å². The second kappa shape index (κ2) is 14.1. The number of ether oxygens (including phenoxy) is 2. The number of benzene rings is 1. The third kappa shape index (κ3) is 12.5. The van der Waals surface area contributed by atoms with E-state index >= 15 is 0 Å². The first-order valence-electron chi connectivity index (χ1n) is 8.22. The van der Waals surface area contributed by atoms with Crippen molar-refractivity contribution >= 4 is 51.4 Å². The molecule has 0 saturated heterocycles. The van der Waals surface area contributed by atoms with Gasteiger partial charge in [0.1, 0.15) is 15.6 Å². The van der Waals surface area contributed by atoms with Gasteiger partial charge in [-0.1, -0.05) is 11.6 Å². The molecule has 0 radical (unpaired) electrons. The standard InChI is InChI=1S/C16H24ClF2N3O4S.HI/c1-3-20-16(21-6-7-25-8-9-27(2,23)24)22-11-12-10-13(17)4-5-14(12)26-15(18)19;/h4-5,10,15H,3,6-9,11H2,1-2H3,(H2,20,21,22);1H. The summed E-state index contributed by atoms with van der Waals surface area (Å²) >= 11 is 5.91. The first kappa shape index (κ1) is 27.1. The Bertz CT molecular complexity index is 724. The monoisotopic (exact) mass is 555 g/mol. The van der Waals surface area contributed by atoms with Crippen molar-refractivity contribution in [1.29, 1.82) is 0 Å². The Labute approximate surface area is 186 Å². The van der Waals surface area contributed by atoms with Crippen molar-refractivity contribution in [3.8, 4) is 5.75 Å². The number of nitrogens with zero attached hydrogens (tertiary/aromatic N) is 1. The van der Waals surface area contributed by atoms with Gasteiger partial charge in [0.25, 0.3) is 0 Å². The molecule has 2 N–H and O–H groups in total. The summed E-state index contributed by atoms with van der Waals surface area (Å²) in [5.41, 5.74) is 0.421. The Kier molecular flexibility index (Phi) is 13.7. The van der Waals surface area contributed by atoms with Gasteiger partial charge in [0.05, 0.1) is 25.5 Å². The number of hydrogen-bond donors (Lipinski definition) is 2. The van der Waals surface area contributed by atoms with E-state index < -0.39 is 16.4 Å². The van der Waals surface area contributed by atoms with Crippen molar-refractivity contribution in [2.75, 3.05) is 38.3 Å². The van der Waals surface area contributed by atoms with Crippen LogP contribution in [-0.2, 0) is 21.1 Å². The van der Waals surface area contributed by atoms with Gasteiger partial charge in [0, 0.05) is 29.9 Å². The quantitative estimate of drug-likeness (QED) is 0.189. The predicted molar refractivity (Wildman–Crippen MR) is 117 cm³/mol. The largest absolute Gasteiger partial charge is 0.434 e. The molecule has 28 heavy (non-hydrogen) atoms. The number of alkyl halides is 2. The van der Waals surface area contributed by atoms with E-state index in [1.165, 1.54) is 18.2 Å². The minimum absolute atomic E-state index is 0. The van der Waals surface area contributed by atoms with Crippen LogP contribution >= 0.6 is 35.6 Å². The van der Waals surface area contributed by atoms with Crippen molar-refractivity contribution in [2.45, 2.75) is 20.1 Å². The van der Waals surface area contributed by atoms with E-state index in [4.69, 9.17) is 16.3 Å². The molecule has 1 aromatic carbocycles. The topological polar surface area (TPSA) is 89.0 Å². The molecule has 12 heteroatoms. The maximum atomic E-state index is 12.5. The second-order valence-electron chi connectivity index (χ2n) is 5.49. The van der Waals surface area contributed by atoms with Crippen LogP contribution in [0.15, 0.2) is 23.2 Å². The highest BCUT2D eigenvalue weighted by Crippen LogP contribution is 2.25. The Hall–Kier alpha value is -0.920. The maximum absolute atomic E-state index is 12.5. The number of rotatable bonds is 11. The van der Waals surface area contributed by atoms with Crippen molar-refractivity contribution < 1.29 is 26.7 Å². The normalized spacial score (nSPS) is 11.9. The van der Waals surface area contributed by atoms with Crippen molar-refractivity contribution in [3.63, 3.8) is 0 Å². The Morgan fingerprint density at radius 2 is 2.00 bits per heavy atom. The first-order chi connectivity index (χ1) is 12.7. The number of guanidine groups is 1. The van der Waals surface area contributed by atoms with Crippen LogP contribution in [0.5, 0.6) is 5.75 Å². The number of aliphatic imine (C=N–C) groups is 1. The van der Waals surface area contributed by atoms with E-state index in [1.54, 1.807) is 0 Å². The summed E-state index contributed by atoms with van der Waals surface area (Å²) < 4.78 is 56.7. The molecule has 0 fully saturated rings. The van der Waals surface area contributed by atoms with E-state index in [9.17, 15) is 17.2 Å². The number of sulfone groups is 1. The highest BCUT2D eigenvalue weighted by atomic mass is 127. The van der Waals surface area contributed by atoms with E-state index in [2.05, 4.69) is 20.4 Å². The molecule has 0 amide bonds. The van der Waals surface area contributed by atoms with Crippen LogP contribution in [0.25, 0.3) is 0 Å². The molecular weight excluding hydrogens is 531 g/mol. The second-order valence-corrected chi connectivity index (χ2v) is 8.19. The minimum atomic E-state index is -3.05. The number of hydrogen-bond acceptors (Lipinski definition) is 5. The molecule has 0 unspecified atom stereocenters. The van der Waals surface area contributed by atoms with Crippen molar-refractivity contribution in [2.24, 2.45) is 4.99 Å². The molecule has 0 aliphatic heterocycles. The van der Waals surface area contributed by atoms with E-state index in [-0.39, 0.29) is 55.2 Å². The fraction of sp³-hybridized carbons (Fsp3) is 0.562. The minimum Gasteiger partial charge on any atom is -0.434 e. The number of nitrogens with one attached hydrogen (secondary N) is 2. The fourth-order valence-corrected chi connectivity index (χ4v) is 2.56. The molecule has 0 aromatic heterocycles. The fourth-order valence-electron chi connectivity index (χ4n) is 1.94. The van der Waals surface area contributed by atoms with Gasteiger partial charge in [-0.15, -0.1) is 24.0 Å². The molecule has 0 heterocycles. The third-order valence-electron chi connectivity index (χ3n) is 3.13. The van der Waals surface area contributed by atoms with Crippen LogP contribution in [0, 0.1) is 0 Å². The van der Waals surface area contributed by atoms with Crippen molar-refractivity contribution in [3.05, 3.63) is 28.8 Å².